The van der Waals surface area contributed by atoms with Gasteiger partial charge in [-0.2, -0.15) is 0 Å². The van der Waals surface area contributed by atoms with Gasteiger partial charge < -0.3 is 20.5 Å². The van der Waals surface area contributed by atoms with Crippen molar-refractivity contribution >= 4 is 29.0 Å². The average Bonchev–Trinajstić information content (AvgIpc) is 2.75. The molecule has 0 radical (unpaired) electrons. The molecule has 0 aliphatic carbocycles. The number of nitrogens with one attached hydrogen (secondary N) is 2. The molecule has 0 saturated heterocycles. The molecule has 1 aromatic heterocycles. The third-order valence-electron chi connectivity index (χ3n) is 2.41. The second-order valence-corrected chi connectivity index (χ2v) is 5.84. The van der Waals surface area contributed by atoms with Gasteiger partial charge in [-0.1, -0.05) is 11.6 Å². The molecule has 3 N–H and O–H groups in total. The van der Waals surface area contributed by atoms with Gasteiger partial charge in [-0.3, -0.25) is 0 Å². The summed E-state index contributed by atoms with van der Waals surface area (Å²) in [7, 11) is 1.53. The van der Waals surface area contributed by atoms with Crippen LogP contribution < -0.4 is 10.6 Å². The predicted molar refractivity (Wildman–Crippen MR) is 76.9 cm³/mol. The highest BCUT2D eigenvalue weighted by atomic mass is 35.5. The normalized spacial score (nSPS) is 12.2. The summed E-state index contributed by atoms with van der Waals surface area (Å²) >= 11 is 7.32. The van der Waals surface area contributed by atoms with E-state index in [1.807, 2.05) is 12.1 Å². The Morgan fingerprint density at radius 2 is 2.21 bits per heavy atom. The molecule has 0 fully saturated rings. The standard InChI is InChI=1S/C12H19ClN2O3S/c1-18-8-9(16)4-6-14-12(17)15-7-5-10-2-3-11(13)19-10/h2-3,9,16H,4-8H2,1H3,(H2,14,15,17). The second kappa shape index (κ2) is 9.14. The van der Waals surface area contributed by atoms with Crippen molar-refractivity contribution < 1.29 is 14.6 Å². The fraction of sp³-hybridized carbons (Fsp3) is 0.583. The van der Waals surface area contributed by atoms with Gasteiger partial charge in [0.2, 0.25) is 0 Å². The summed E-state index contributed by atoms with van der Waals surface area (Å²) in [5.74, 6) is 0. The van der Waals surface area contributed by atoms with Crippen LogP contribution in [0.3, 0.4) is 0 Å². The monoisotopic (exact) mass is 306 g/mol. The number of ether oxygens (including phenoxy) is 1. The first-order valence-corrected chi connectivity index (χ1v) is 7.24. The van der Waals surface area contributed by atoms with Gasteiger partial charge in [0, 0.05) is 25.1 Å². The molecule has 1 rings (SSSR count). The van der Waals surface area contributed by atoms with Crippen LogP contribution in [-0.4, -0.2) is 44.0 Å². The Morgan fingerprint density at radius 3 is 2.84 bits per heavy atom. The fourth-order valence-corrected chi connectivity index (χ4v) is 2.56. The molecule has 0 aliphatic rings. The van der Waals surface area contributed by atoms with Crippen LogP contribution in [-0.2, 0) is 11.2 Å². The molecule has 5 nitrogen and oxygen atoms in total. The van der Waals surface area contributed by atoms with Crippen LogP contribution in [0.1, 0.15) is 11.3 Å². The Bertz CT molecular complexity index is 387. The van der Waals surface area contributed by atoms with Crippen LogP contribution in [0.4, 0.5) is 4.79 Å². The van der Waals surface area contributed by atoms with Crippen molar-refractivity contribution in [2.24, 2.45) is 0 Å². The minimum Gasteiger partial charge on any atom is -0.391 e. The third-order valence-corrected chi connectivity index (χ3v) is 3.70. The number of carbonyl (C=O) groups excluding carboxylic acids is 1. The zero-order valence-electron chi connectivity index (χ0n) is 10.8. The lowest BCUT2D eigenvalue weighted by Gasteiger charge is -2.10. The fourth-order valence-electron chi connectivity index (χ4n) is 1.48. The van der Waals surface area contributed by atoms with E-state index in [1.165, 1.54) is 18.4 Å². The molecule has 7 heteroatoms. The molecular formula is C12H19ClN2O3S. The van der Waals surface area contributed by atoms with Crippen LogP contribution in [0.5, 0.6) is 0 Å². The maximum absolute atomic E-state index is 11.4. The maximum Gasteiger partial charge on any atom is 0.314 e. The Kier molecular flexibility index (Phi) is 7.81. The lowest BCUT2D eigenvalue weighted by atomic mass is 10.3. The highest BCUT2D eigenvalue weighted by Gasteiger charge is 2.05. The number of amides is 2. The number of rotatable bonds is 8. The quantitative estimate of drug-likeness (QED) is 0.684. The number of carbonyl (C=O) groups is 1. The van der Waals surface area contributed by atoms with Crippen molar-refractivity contribution in [3.63, 3.8) is 0 Å². The number of hydrogen-bond donors (Lipinski definition) is 3. The number of methoxy groups -OCH3 is 1. The summed E-state index contributed by atoms with van der Waals surface area (Å²) in [5, 5.41) is 14.8. The zero-order valence-corrected chi connectivity index (χ0v) is 12.4. The third kappa shape index (κ3) is 7.37. The van der Waals surface area contributed by atoms with E-state index in [-0.39, 0.29) is 12.6 Å². The van der Waals surface area contributed by atoms with Crippen molar-refractivity contribution in [2.75, 3.05) is 26.8 Å². The summed E-state index contributed by atoms with van der Waals surface area (Å²) < 4.78 is 5.55. The molecule has 0 aliphatic heterocycles. The molecule has 1 atom stereocenters. The molecule has 108 valence electrons. The van der Waals surface area contributed by atoms with Crippen LogP contribution in [0.2, 0.25) is 4.34 Å². The molecule has 2 amide bonds. The van der Waals surface area contributed by atoms with Gasteiger partial charge in [-0.15, -0.1) is 11.3 Å². The average molecular weight is 307 g/mol. The van der Waals surface area contributed by atoms with Crippen molar-refractivity contribution in [3.05, 3.63) is 21.3 Å². The Hall–Kier alpha value is -0.820. The van der Waals surface area contributed by atoms with E-state index < -0.39 is 6.10 Å². The first kappa shape index (κ1) is 16.2. The molecule has 0 spiro atoms. The Labute approximate surface area is 121 Å². The van der Waals surface area contributed by atoms with Crippen molar-refractivity contribution in [3.8, 4) is 0 Å². The minimum absolute atomic E-state index is 0.229. The SMILES string of the molecule is COCC(O)CCNC(=O)NCCc1ccc(Cl)s1. The van der Waals surface area contributed by atoms with Crippen molar-refractivity contribution in [1.29, 1.82) is 0 Å². The molecule has 1 unspecified atom stereocenters. The molecule has 0 bridgehead atoms. The first-order valence-electron chi connectivity index (χ1n) is 6.04. The predicted octanol–water partition coefficient (Wildman–Crippen LogP) is 1.64. The highest BCUT2D eigenvalue weighted by Crippen LogP contribution is 2.21. The lowest BCUT2D eigenvalue weighted by molar-refractivity contribution is 0.0599. The van der Waals surface area contributed by atoms with Crippen molar-refractivity contribution in [2.45, 2.75) is 18.9 Å². The molecule has 19 heavy (non-hydrogen) atoms. The number of halogens is 1. The second-order valence-electron chi connectivity index (χ2n) is 4.04. The van der Waals surface area contributed by atoms with Crippen LogP contribution in [0, 0.1) is 0 Å². The number of urea groups is 1. The molecule has 1 aromatic rings. The van der Waals surface area contributed by atoms with Crippen LogP contribution in [0.15, 0.2) is 12.1 Å². The van der Waals surface area contributed by atoms with Gasteiger partial charge in [0.1, 0.15) is 0 Å². The largest absolute Gasteiger partial charge is 0.391 e. The summed E-state index contributed by atoms with van der Waals surface area (Å²) in [6.45, 7) is 1.26. The topological polar surface area (TPSA) is 70.6 Å². The van der Waals surface area contributed by atoms with E-state index in [1.54, 1.807) is 0 Å². The first-order chi connectivity index (χ1) is 9.11. The van der Waals surface area contributed by atoms with E-state index in [0.717, 1.165) is 15.6 Å². The van der Waals surface area contributed by atoms with Gasteiger partial charge in [-0.05, 0) is 25.0 Å². The van der Waals surface area contributed by atoms with E-state index in [2.05, 4.69) is 10.6 Å². The summed E-state index contributed by atoms with van der Waals surface area (Å²) in [6.07, 6.45) is 0.692. The van der Waals surface area contributed by atoms with Gasteiger partial charge >= 0.3 is 6.03 Å². The minimum atomic E-state index is -0.543. The zero-order chi connectivity index (χ0) is 14.1. The van der Waals surface area contributed by atoms with E-state index in [9.17, 15) is 9.90 Å². The summed E-state index contributed by atoms with van der Waals surface area (Å²) in [4.78, 5) is 12.6. The van der Waals surface area contributed by atoms with Crippen LogP contribution >= 0.6 is 22.9 Å². The lowest BCUT2D eigenvalue weighted by Crippen LogP contribution is -2.38. The van der Waals surface area contributed by atoms with Gasteiger partial charge in [0.25, 0.3) is 0 Å². The highest BCUT2D eigenvalue weighted by molar-refractivity contribution is 7.16. The van der Waals surface area contributed by atoms with Crippen LogP contribution in [0.25, 0.3) is 0 Å². The van der Waals surface area contributed by atoms with E-state index in [0.29, 0.717) is 19.5 Å². The number of hydrogen-bond acceptors (Lipinski definition) is 4. The number of aliphatic hydroxyl groups excluding tert-OH is 1. The molecule has 0 aromatic carbocycles. The van der Waals surface area contributed by atoms with E-state index in [4.69, 9.17) is 16.3 Å². The molecule has 1 heterocycles. The van der Waals surface area contributed by atoms with Crippen molar-refractivity contribution in [1.82, 2.24) is 10.6 Å². The Morgan fingerprint density at radius 1 is 1.47 bits per heavy atom. The summed E-state index contributed by atoms with van der Waals surface area (Å²) in [5.41, 5.74) is 0. The van der Waals surface area contributed by atoms with Gasteiger partial charge in [0.15, 0.2) is 0 Å². The maximum atomic E-state index is 11.4. The number of aliphatic hydroxyl groups is 1. The summed E-state index contributed by atoms with van der Waals surface area (Å²) in [6, 6.07) is 3.57. The molecular weight excluding hydrogens is 288 g/mol. The van der Waals surface area contributed by atoms with Gasteiger partial charge in [-0.25, -0.2) is 4.79 Å². The van der Waals surface area contributed by atoms with E-state index >= 15 is 0 Å². The Balaban J connectivity index is 2.05. The number of thiophene rings is 1. The van der Waals surface area contributed by atoms with Gasteiger partial charge in [0.05, 0.1) is 17.0 Å². The molecule has 0 saturated carbocycles. The smallest absolute Gasteiger partial charge is 0.314 e.